The molecule has 0 radical (unpaired) electrons. The van der Waals surface area contributed by atoms with Gasteiger partial charge in [-0.15, -0.1) is 0 Å². The van der Waals surface area contributed by atoms with Crippen molar-refractivity contribution < 1.29 is 17.9 Å². The molecule has 2 aromatic rings. The molecule has 2 rings (SSSR count). The second kappa shape index (κ2) is 8.55. The molecule has 29 heavy (non-hydrogen) atoms. The molecule has 6 nitrogen and oxygen atoms in total. The molecular formula is C22H30N2O4S. The average Bonchev–Trinajstić information content (AvgIpc) is 2.57. The summed E-state index contributed by atoms with van der Waals surface area (Å²) in [5, 5.41) is 2.69. The van der Waals surface area contributed by atoms with Gasteiger partial charge in [-0.2, -0.15) is 0 Å². The minimum absolute atomic E-state index is 0.0872. The van der Waals surface area contributed by atoms with Crippen LogP contribution in [0.25, 0.3) is 0 Å². The molecule has 0 atom stereocenters. The predicted molar refractivity (Wildman–Crippen MR) is 116 cm³/mol. The zero-order chi connectivity index (χ0) is 21.9. The van der Waals surface area contributed by atoms with E-state index in [1.807, 2.05) is 24.3 Å². The van der Waals surface area contributed by atoms with Gasteiger partial charge < -0.3 is 10.1 Å². The summed E-state index contributed by atoms with van der Waals surface area (Å²) in [5.74, 6) is 0.285. The Balaban J connectivity index is 2.08. The minimum atomic E-state index is -3.69. The summed E-state index contributed by atoms with van der Waals surface area (Å²) in [6.45, 7) is 11.4. The Bertz CT molecular complexity index is 971. The number of nitrogens with one attached hydrogen (secondary N) is 2. The summed E-state index contributed by atoms with van der Waals surface area (Å²) in [5.41, 5.74) is 0.677. The maximum Gasteiger partial charge on any atom is 0.262 e. The number of carbonyl (C=O) groups excluding carboxylic acids is 1. The lowest BCUT2D eigenvalue weighted by atomic mass is 9.86. The molecule has 0 saturated carbocycles. The van der Waals surface area contributed by atoms with Crippen LogP contribution >= 0.6 is 0 Å². The number of sulfonamides is 1. The van der Waals surface area contributed by atoms with Crippen LogP contribution in [-0.2, 0) is 20.2 Å². The van der Waals surface area contributed by atoms with Gasteiger partial charge in [0.05, 0.1) is 4.90 Å². The Morgan fingerprint density at radius 1 is 0.966 bits per heavy atom. The van der Waals surface area contributed by atoms with E-state index in [0.717, 1.165) is 5.56 Å². The summed E-state index contributed by atoms with van der Waals surface area (Å²) in [4.78, 5) is 12.4. The van der Waals surface area contributed by atoms with Gasteiger partial charge in [0.1, 0.15) is 5.75 Å². The Morgan fingerprint density at radius 3 is 2.24 bits per heavy atom. The maximum absolute atomic E-state index is 12.5. The molecule has 0 bridgehead atoms. The molecule has 0 heterocycles. The van der Waals surface area contributed by atoms with Crippen molar-refractivity contribution in [3.8, 4) is 5.75 Å². The van der Waals surface area contributed by atoms with E-state index in [2.05, 4.69) is 30.8 Å². The van der Waals surface area contributed by atoms with Crippen LogP contribution in [0.5, 0.6) is 5.75 Å². The fourth-order valence-electron chi connectivity index (χ4n) is 2.76. The first kappa shape index (κ1) is 22.9. The van der Waals surface area contributed by atoms with Gasteiger partial charge in [0.25, 0.3) is 5.91 Å². The van der Waals surface area contributed by atoms with Crippen LogP contribution in [0.15, 0.2) is 53.4 Å². The first-order valence-electron chi connectivity index (χ1n) is 9.44. The smallest absolute Gasteiger partial charge is 0.262 e. The third kappa shape index (κ3) is 6.87. The van der Waals surface area contributed by atoms with Gasteiger partial charge in [0.2, 0.25) is 10.0 Å². The molecule has 0 aromatic heterocycles. The lowest BCUT2D eigenvalue weighted by molar-refractivity contribution is -0.118. The predicted octanol–water partition coefficient (Wildman–Crippen LogP) is 4.08. The number of hydrogen-bond acceptors (Lipinski definition) is 4. The zero-order valence-corrected chi connectivity index (χ0v) is 18.7. The number of rotatable bonds is 6. The third-order valence-electron chi connectivity index (χ3n) is 3.92. The van der Waals surface area contributed by atoms with Crippen molar-refractivity contribution in [2.45, 2.75) is 57.4 Å². The van der Waals surface area contributed by atoms with E-state index < -0.39 is 15.6 Å². The van der Waals surface area contributed by atoms with Crippen LogP contribution in [0.4, 0.5) is 5.69 Å². The fraction of sp³-hybridized carbons (Fsp3) is 0.409. The molecule has 1 amide bonds. The first-order valence-corrected chi connectivity index (χ1v) is 10.9. The molecule has 0 spiro atoms. The largest absolute Gasteiger partial charge is 0.483 e. The summed E-state index contributed by atoms with van der Waals surface area (Å²) in [7, 11) is -3.69. The highest BCUT2D eigenvalue weighted by atomic mass is 32.2. The van der Waals surface area contributed by atoms with Crippen molar-refractivity contribution in [3.05, 3.63) is 54.1 Å². The van der Waals surface area contributed by atoms with Crippen molar-refractivity contribution in [1.29, 1.82) is 0 Å². The Morgan fingerprint density at radius 2 is 1.62 bits per heavy atom. The number of para-hydroxylation sites is 1. The van der Waals surface area contributed by atoms with E-state index >= 15 is 0 Å². The van der Waals surface area contributed by atoms with E-state index in [1.54, 1.807) is 32.9 Å². The molecule has 7 heteroatoms. The van der Waals surface area contributed by atoms with Gasteiger partial charge in [-0.05, 0) is 56.0 Å². The van der Waals surface area contributed by atoms with Crippen molar-refractivity contribution in [3.63, 3.8) is 0 Å². The number of anilines is 1. The highest BCUT2D eigenvalue weighted by Crippen LogP contribution is 2.30. The van der Waals surface area contributed by atoms with Gasteiger partial charge in [-0.3, -0.25) is 4.79 Å². The zero-order valence-electron chi connectivity index (χ0n) is 17.9. The van der Waals surface area contributed by atoms with Gasteiger partial charge in [-0.25, -0.2) is 13.1 Å². The minimum Gasteiger partial charge on any atom is -0.483 e. The highest BCUT2D eigenvalue weighted by Gasteiger charge is 2.22. The second-order valence-corrected chi connectivity index (χ2v) is 10.6. The van der Waals surface area contributed by atoms with E-state index in [0.29, 0.717) is 11.4 Å². The molecule has 2 N–H and O–H groups in total. The van der Waals surface area contributed by atoms with Crippen LogP contribution in [0.3, 0.4) is 0 Å². The van der Waals surface area contributed by atoms with Gasteiger partial charge in [0, 0.05) is 11.2 Å². The Hall–Kier alpha value is -2.38. The number of carbonyl (C=O) groups is 1. The summed E-state index contributed by atoms with van der Waals surface area (Å²) in [6.07, 6.45) is 0. The van der Waals surface area contributed by atoms with Crippen LogP contribution in [-0.4, -0.2) is 26.5 Å². The van der Waals surface area contributed by atoms with Gasteiger partial charge >= 0.3 is 0 Å². The monoisotopic (exact) mass is 418 g/mol. The first-order chi connectivity index (χ1) is 13.3. The van der Waals surface area contributed by atoms with Gasteiger partial charge in [0.15, 0.2) is 6.61 Å². The molecule has 0 saturated heterocycles. The van der Waals surface area contributed by atoms with Crippen LogP contribution < -0.4 is 14.8 Å². The van der Waals surface area contributed by atoms with Crippen molar-refractivity contribution in [2.24, 2.45) is 0 Å². The lowest BCUT2D eigenvalue weighted by Gasteiger charge is -2.22. The lowest BCUT2D eigenvalue weighted by Crippen LogP contribution is -2.40. The topological polar surface area (TPSA) is 84.5 Å². The standard InChI is InChI=1S/C22H30N2O4S/c1-21(2,3)18-12-7-8-13-19(18)28-15-20(25)23-16-10-9-11-17(14-16)29(26,27)24-22(4,5)6/h7-14,24H,15H2,1-6H3,(H,23,25). The molecule has 0 aliphatic rings. The molecule has 0 aliphatic heterocycles. The van der Waals surface area contributed by atoms with E-state index in [9.17, 15) is 13.2 Å². The van der Waals surface area contributed by atoms with Gasteiger partial charge in [-0.1, -0.05) is 45.0 Å². The van der Waals surface area contributed by atoms with Crippen LogP contribution in [0, 0.1) is 0 Å². The molecular weight excluding hydrogens is 388 g/mol. The number of amides is 1. The SMILES string of the molecule is CC(C)(C)NS(=O)(=O)c1cccc(NC(=O)COc2ccccc2C(C)(C)C)c1. The number of ether oxygens (including phenoxy) is 1. The molecule has 2 aromatic carbocycles. The normalized spacial score (nSPS) is 12.5. The summed E-state index contributed by atoms with van der Waals surface area (Å²) < 4.78 is 33.3. The molecule has 0 aliphatic carbocycles. The average molecular weight is 419 g/mol. The van der Waals surface area contributed by atoms with Crippen molar-refractivity contribution in [2.75, 3.05) is 11.9 Å². The van der Waals surface area contributed by atoms with E-state index in [-0.39, 0.29) is 22.8 Å². The molecule has 0 fully saturated rings. The van der Waals surface area contributed by atoms with Crippen molar-refractivity contribution in [1.82, 2.24) is 4.72 Å². The quantitative estimate of drug-likeness (QED) is 0.740. The Labute approximate surface area is 173 Å². The second-order valence-electron chi connectivity index (χ2n) is 8.97. The van der Waals surface area contributed by atoms with Crippen LogP contribution in [0.2, 0.25) is 0 Å². The van der Waals surface area contributed by atoms with E-state index in [1.165, 1.54) is 12.1 Å². The Kier molecular flexibility index (Phi) is 6.75. The third-order valence-corrected chi connectivity index (χ3v) is 5.68. The van der Waals surface area contributed by atoms with Crippen LogP contribution in [0.1, 0.15) is 47.1 Å². The molecule has 158 valence electrons. The summed E-state index contributed by atoms with van der Waals surface area (Å²) >= 11 is 0. The van der Waals surface area contributed by atoms with Crippen molar-refractivity contribution >= 4 is 21.6 Å². The highest BCUT2D eigenvalue weighted by molar-refractivity contribution is 7.89. The maximum atomic E-state index is 12.5. The van der Waals surface area contributed by atoms with E-state index in [4.69, 9.17) is 4.74 Å². The molecule has 0 unspecified atom stereocenters. The number of hydrogen-bond donors (Lipinski definition) is 2. The fourth-order valence-corrected chi connectivity index (χ4v) is 4.22. The summed E-state index contributed by atoms with van der Waals surface area (Å²) in [6, 6.07) is 13.7. The number of benzene rings is 2.